The minimum absolute atomic E-state index is 0.161. The van der Waals surface area contributed by atoms with Crippen LogP contribution in [0.4, 0.5) is 0 Å². The Balaban J connectivity index is 2.12. The lowest BCUT2D eigenvalue weighted by molar-refractivity contribution is -0.138. The zero-order valence-corrected chi connectivity index (χ0v) is 13.1. The second kappa shape index (κ2) is 7.47. The normalized spacial score (nSPS) is 18.0. The smallest absolute Gasteiger partial charge is 0.320 e. The molecular weight excluding hydrogens is 284 g/mol. The van der Waals surface area contributed by atoms with E-state index in [1.807, 2.05) is 18.2 Å². The number of methoxy groups -OCH3 is 1. The highest BCUT2D eigenvalue weighted by Gasteiger charge is 2.22. The van der Waals surface area contributed by atoms with Crippen LogP contribution in [0.15, 0.2) is 18.2 Å². The first kappa shape index (κ1) is 16.6. The van der Waals surface area contributed by atoms with E-state index in [1.54, 1.807) is 7.11 Å². The zero-order chi connectivity index (χ0) is 16.1. The average molecular weight is 308 g/mol. The molecule has 2 rings (SSSR count). The monoisotopic (exact) mass is 308 g/mol. The van der Waals surface area contributed by atoms with Crippen LogP contribution in [0.25, 0.3) is 0 Å². The fraction of sp³-hybridized carbons (Fsp3) is 0.562. The van der Waals surface area contributed by atoms with E-state index in [0.717, 1.165) is 31.5 Å². The lowest BCUT2D eigenvalue weighted by Gasteiger charge is -2.30. The molecule has 6 nitrogen and oxygen atoms in total. The molecule has 6 heteroatoms. The summed E-state index contributed by atoms with van der Waals surface area (Å²) in [4.78, 5) is 13.2. The molecule has 1 aromatic carbocycles. The molecule has 1 unspecified atom stereocenters. The van der Waals surface area contributed by atoms with Crippen LogP contribution in [0.5, 0.6) is 11.5 Å². The van der Waals surface area contributed by atoms with Gasteiger partial charge in [0.2, 0.25) is 0 Å². The standard InChI is InChI=1S/C16H24N2O4/c1-18-8-6-12(7-9-18)22-14-5-3-4-11(15(14)21-2)10-13(17)16(19)20/h3-5,12-13H,6-10,17H2,1-2H3,(H,19,20). The number of nitrogens with zero attached hydrogens (tertiary/aromatic N) is 1. The van der Waals surface area contributed by atoms with E-state index in [1.165, 1.54) is 0 Å². The molecule has 1 aromatic rings. The molecule has 1 heterocycles. The molecule has 1 aliphatic rings. The molecule has 1 fully saturated rings. The first-order valence-electron chi connectivity index (χ1n) is 7.50. The van der Waals surface area contributed by atoms with Gasteiger partial charge in [-0.25, -0.2) is 0 Å². The van der Waals surface area contributed by atoms with Crippen LogP contribution in [-0.2, 0) is 11.2 Å². The lowest BCUT2D eigenvalue weighted by atomic mass is 10.0. The number of carboxylic acid groups (broad SMARTS) is 1. The zero-order valence-electron chi connectivity index (χ0n) is 13.1. The van der Waals surface area contributed by atoms with Crippen LogP contribution < -0.4 is 15.2 Å². The molecule has 0 aromatic heterocycles. The molecular formula is C16H24N2O4. The minimum atomic E-state index is -1.02. The molecule has 1 saturated heterocycles. The third-order valence-electron chi connectivity index (χ3n) is 3.98. The maximum absolute atomic E-state index is 10.9. The van der Waals surface area contributed by atoms with Gasteiger partial charge in [0.1, 0.15) is 12.1 Å². The summed E-state index contributed by atoms with van der Waals surface area (Å²) in [5, 5.41) is 8.96. The van der Waals surface area contributed by atoms with Crippen molar-refractivity contribution in [2.24, 2.45) is 5.73 Å². The number of likely N-dealkylation sites (tertiary alicyclic amines) is 1. The highest BCUT2D eigenvalue weighted by atomic mass is 16.5. The highest BCUT2D eigenvalue weighted by Crippen LogP contribution is 2.33. The van der Waals surface area contributed by atoms with Crippen molar-refractivity contribution in [3.63, 3.8) is 0 Å². The lowest BCUT2D eigenvalue weighted by Crippen LogP contribution is -2.35. The van der Waals surface area contributed by atoms with Crippen LogP contribution >= 0.6 is 0 Å². The van der Waals surface area contributed by atoms with Crippen LogP contribution in [0.2, 0.25) is 0 Å². The molecule has 0 aliphatic carbocycles. The maximum Gasteiger partial charge on any atom is 0.320 e. The Morgan fingerprint density at radius 3 is 2.73 bits per heavy atom. The number of carboxylic acids is 1. The molecule has 0 bridgehead atoms. The van der Waals surface area contributed by atoms with E-state index in [9.17, 15) is 4.79 Å². The summed E-state index contributed by atoms with van der Waals surface area (Å²) in [7, 11) is 3.66. The van der Waals surface area contributed by atoms with Gasteiger partial charge in [0.05, 0.1) is 7.11 Å². The molecule has 0 spiro atoms. The molecule has 3 N–H and O–H groups in total. The Kier molecular flexibility index (Phi) is 5.63. The van der Waals surface area contributed by atoms with Crippen molar-refractivity contribution in [3.8, 4) is 11.5 Å². The van der Waals surface area contributed by atoms with Gasteiger partial charge in [-0.15, -0.1) is 0 Å². The SMILES string of the molecule is COc1c(CC(N)C(=O)O)cccc1OC1CCN(C)CC1. The number of hydrogen-bond donors (Lipinski definition) is 2. The molecule has 122 valence electrons. The van der Waals surface area contributed by atoms with E-state index in [0.29, 0.717) is 11.5 Å². The quantitative estimate of drug-likeness (QED) is 0.819. The Labute approximate surface area is 130 Å². The Morgan fingerprint density at radius 1 is 1.45 bits per heavy atom. The van der Waals surface area contributed by atoms with Crippen LogP contribution in [-0.4, -0.2) is 55.4 Å². The molecule has 0 radical (unpaired) electrons. The van der Waals surface area contributed by atoms with Crippen molar-refractivity contribution in [2.75, 3.05) is 27.2 Å². The highest BCUT2D eigenvalue weighted by molar-refractivity contribution is 5.73. The van der Waals surface area contributed by atoms with E-state index < -0.39 is 12.0 Å². The van der Waals surface area contributed by atoms with Crippen molar-refractivity contribution in [2.45, 2.75) is 31.4 Å². The fourth-order valence-electron chi connectivity index (χ4n) is 2.65. The average Bonchev–Trinajstić information content (AvgIpc) is 2.49. The van der Waals surface area contributed by atoms with Gasteiger partial charge >= 0.3 is 5.97 Å². The predicted octanol–water partition coefficient (Wildman–Crippen LogP) is 1.12. The first-order valence-corrected chi connectivity index (χ1v) is 7.50. The van der Waals surface area contributed by atoms with Crippen LogP contribution in [0.1, 0.15) is 18.4 Å². The second-order valence-corrected chi connectivity index (χ2v) is 5.72. The second-order valence-electron chi connectivity index (χ2n) is 5.72. The number of carbonyl (C=O) groups is 1. The summed E-state index contributed by atoms with van der Waals surface area (Å²) in [6, 6.07) is 4.57. The van der Waals surface area contributed by atoms with Crippen LogP contribution in [0, 0.1) is 0 Å². The number of benzene rings is 1. The number of hydrogen-bond acceptors (Lipinski definition) is 5. The largest absolute Gasteiger partial charge is 0.493 e. The molecule has 1 atom stereocenters. The van der Waals surface area contributed by atoms with Crippen molar-refractivity contribution < 1.29 is 19.4 Å². The first-order chi connectivity index (χ1) is 10.5. The summed E-state index contributed by atoms with van der Waals surface area (Å²) in [6.07, 6.45) is 2.31. The van der Waals surface area contributed by atoms with Crippen molar-refractivity contribution in [1.82, 2.24) is 4.90 Å². The number of para-hydroxylation sites is 1. The van der Waals surface area contributed by atoms with Gasteiger partial charge in [0.25, 0.3) is 0 Å². The number of rotatable bonds is 6. The molecule has 0 amide bonds. The predicted molar refractivity (Wildman–Crippen MR) is 83.5 cm³/mol. The summed E-state index contributed by atoms with van der Waals surface area (Å²) >= 11 is 0. The fourth-order valence-corrected chi connectivity index (χ4v) is 2.65. The summed E-state index contributed by atoms with van der Waals surface area (Å²) in [5.74, 6) is 0.217. The summed E-state index contributed by atoms with van der Waals surface area (Å²) < 4.78 is 11.5. The molecule has 1 aliphatic heterocycles. The van der Waals surface area contributed by atoms with Gasteiger partial charge in [0, 0.05) is 25.1 Å². The van der Waals surface area contributed by atoms with Gasteiger partial charge in [-0.2, -0.15) is 0 Å². The summed E-state index contributed by atoms with van der Waals surface area (Å²) in [6.45, 7) is 2.02. The third-order valence-corrected chi connectivity index (χ3v) is 3.98. The van der Waals surface area contributed by atoms with Gasteiger partial charge in [-0.1, -0.05) is 12.1 Å². The minimum Gasteiger partial charge on any atom is -0.493 e. The third kappa shape index (κ3) is 4.11. The Hall–Kier alpha value is -1.79. The van der Waals surface area contributed by atoms with E-state index in [4.69, 9.17) is 20.3 Å². The Bertz CT molecular complexity index is 513. The van der Waals surface area contributed by atoms with Crippen molar-refractivity contribution in [1.29, 1.82) is 0 Å². The number of piperidine rings is 1. The van der Waals surface area contributed by atoms with Gasteiger partial charge in [-0.05, 0) is 26.0 Å². The van der Waals surface area contributed by atoms with Gasteiger partial charge in [-0.3, -0.25) is 4.79 Å². The number of ether oxygens (including phenoxy) is 2. The molecule has 0 saturated carbocycles. The van der Waals surface area contributed by atoms with Crippen molar-refractivity contribution >= 4 is 5.97 Å². The van der Waals surface area contributed by atoms with Gasteiger partial charge in [0.15, 0.2) is 11.5 Å². The van der Waals surface area contributed by atoms with Crippen LogP contribution in [0.3, 0.4) is 0 Å². The van der Waals surface area contributed by atoms with E-state index >= 15 is 0 Å². The van der Waals surface area contributed by atoms with E-state index in [-0.39, 0.29) is 12.5 Å². The van der Waals surface area contributed by atoms with Gasteiger partial charge < -0.3 is 25.2 Å². The Morgan fingerprint density at radius 2 is 2.14 bits per heavy atom. The number of aliphatic carboxylic acids is 1. The van der Waals surface area contributed by atoms with Crippen molar-refractivity contribution in [3.05, 3.63) is 23.8 Å². The maximum atomic E-state index is 10.9. The number of nitrogens with two attached hydrogens (primary N) is 1. The molecule has 22 heavy (non-hydrogen) atoms. The summed E-state index contributed by atoms with van der Waals surface area (Å²) in [5.41, 5.74) is 6.37. The van der Waals surface area contributed by atoms with E-state index in [2.05, 4.69) is 11.9 Å². The topological polar surface area (TPSA) is 85.0 Å².